The van der Waals surface area contributed by atoms with E-state index in [0.717, 1.165) is 17.8 Å². The zero-order chi connectivity index (χ0) is 11.7. The van der Waals surface area contributed by atoms with E-state index in [1.165, 1.54) is 44.9 Å². The van der Waals surface area contributed by atoms with Crippen molar-refractivity contribution in [1.82, 2.24) is 0 Å². The highest BCUT2D eigenvalue weighted by Crippen LogP contribution is 2.22. The topological polar surface area (TPSA) is 0 Å². The third-order valence-corrected chi connectivity index (χ3v) is 3.70. The molecule has 0 aliphatic rings. The fraction of sp³-hybridized carbons (Fsp3) is 1.00. The highest BCUT2D eigenvalue weighted by Gasteiger charge is 2.09. The summed E-state index contributed by atoms with van der Waals surface area (Å²) in [4.78, 5) is 0. The van der Waals surface area contributed by atoms with Crippen molar-refractivity contribution < 1.29 is 0 Å². The summed E-state index contributed by atoms with van der Waals surface area (Å²) in [6.07, 6.45) is 9.86. The van der Waals surface area contributed by atoms with Crippen molar-refractivity contribution in [3.05, 3.63) is 0 Å². The molecule has 0 bridgehead atoms. The third kappa shape index (κ3) is 8.96. The molecule has 92 valence electrons. The summed E-state index contributed by atoms with van der Waals surface area (Å²) < 4.78 is 0. The van der Waals surface area contributed by atoms with Crippen LogP contribution < -0.4 is 0 Å². The molecule has 0 amide bonds. The van der Waals surface area contributed by atoms with Gasteiger partial charge in [-0.2, -0.15) is 0 Å². The minimum Gasteiger partial charge on any atom is -0.0654 e. The Morgan fingerprint density at radius 3 is 1.87 bits per heavy atom. The standard InChI is InChI=1S/C15H32/c1-6-8-9-14(4)10-11-15(5)12-13(3)7-2/h13-15H,6-12H2,1-5H3. The zero-order valence-corrected chi connectivity index (χ0v) is 11.7. The molecule has 0 rings (SSSR count). The van der Waals surface area contributed by atoms with E-state index in [2.05, 4.69) is 34.6 Å². The Balaban J connectivity index is 3.47. The molecule has 0 aromatic carbocycles. The Kier molecular flexibility index (Phi) is 9.24. The van der Waals surface area contributed by atoms with Gasteiger partial charge in [-0.1, -0.05) is 73.1 Å². The summed E-state index contributed by atoms with van der Waals surface area (Å²) in [5, 5.41) is 0. The first-order valence-electron chi connectivity index (χ1n) is 7.10. The first-order valence-corrected chi connectivity index (χ1v) is 7.10. The van der Waals surface area contributed by atoms with Crippen molar-refractivity contribution in [2.75, 3.05) is 0 Å². The number of hydrogen-bond acceptors (Lipinski definition) is 0. The third-order valence-electron chi connectivity index (χ3n) is 3.70. The van der Waals surface area contributed by atoms with Gasteiger partial charge < -0.3 is 0 Å². The van der Waals surface area contributed by atoms with E-state index in [9.17, 15) is 0 Å². The van der Waals surface area contributed by atoms with E-state index < -0.39 is 0 Å². The first-order chi connectivity index (χ1) is 7.10. The molecule has 0 fully saturated rings. The maximum absolute atomic E-state index is 2.43. The monoisotopic (exact) mass is 212 g/mol. The average molecular weight is 212 g/mol. The highest BCUT2D eigenvalue weighted by molar-refractivity contribution is 4.61. The minimum absolute atomic E-state index is 0.922. The van der Waals surface area contributed by atoms with E-state index in [1.54, 1.807) is 0 Å². The van der Waals surface area contributed by atoms with Gasteiger partial charge in [0.15, 0.2) is 0 Å². The highest BCUT2D eigenvalue weighted by atomic mass is 14.1. The maximum atomic E-state index is 2.43. The SMILES string of the molecule is CCCCC(C)CCC(C)CC(C)CC. The van der Waals surface area contributed by atoms with Crippen molar-refractivity contribution in [3.63, 3.8) is 0 Å². The molecule has 0 aliphatic heterocycles. The second-order valence-corrected chi connectivity index (χ2v) is 5.68. The molecule has 0 radical (unpaired) electrons. The lowest BCUT2D eigenvalue weighted by atomic mass is 9.88. The maximum Gasteiger partial charge on any atom is -0.0440 e. The van der Waals surface area contributed by atoms with Crippen molar-refractivity contribution in [2.45, 2.75) is 79.6 Å². The van der Waals surface area contributed by atoms with Crippen LogP contribution in [0.15, 0.2) is 0 Å². The van der Waals surface area contributed by atoms with E-state index >= 15 is 0 Å². The van der Waals surface area contributed by atoms with Crippen LogP contribution in [-0.4, -0.2) is 0 Å². The van der Waals surface area contributed by atoms with Crippen molar-refractivity contribution >= 4 is 0 Å². The van der Waals surface area contributed by atoms with Crippen LogP contribution in [0.5, 0.6) is 0 Å². The lowest BCUT2D eigenvalue weighted by molar-refractivity contribution is 0.345. The second-order valence-electron chi connectivity index (χ2n) is 5.68. The first kappa shape index (κ1) is 15.0. The molecule has 3 atom stereocenters. The van der Waals surface area contributed by atoms with E-state index in [-0.39, 0.29) is 0 Å². The number of unbranched alkanes of at least 4 members (excludes halogenated alkanes) is 1. The van der Waals surface area contributed by atoms with Gasteiger partial charge in [0, 0.05) is 0 Å². The predicted octanol–water partition coefficient (Wildman–Crippen LogP) is 5.67. The van der Waals surface area contributed by atoms with Crippen molar-refractivity contribution in [3.8, 4) is 0 Å². The molecular formula is C15H32. The van der Waals surface area contributed by atoms with Crippen LogP contribution in [0.4, 0.5) is 0 Å². The molecule has 0 nitrogen and oxygen atoms in total. The molecular weight excluding hydrogens is 180 g/mol. The molecule has 0 aromatic heterocycles. The Labute approximate surface area is 97.8 Å². The second kappa shape index (κ2) is 9.24. The van der Waals surface area contributed by atoms with Crippen LogP contribution in [0.3, 0.4) is 0 Å². The van der Waals surface area contributed by atoms with Crippen LogP contribution in [0.1, 0.15) is 79.6 Å². The van der Waals surface area contributed by atoms with E-state index in [4.69, 9.17) is 0 Å². The number of hydrogen-bond donors (Lipinski definition) is 0. The molecule has 0 spiro atoms. The Morgan fingerprint density at radius 1 is 0.733 bits per heavy atom. The van der Waals surface area contributed by atoms with Gasteiger partial charge in [0.2, 0.25) is 0 Å². The summed E-state index contributed by atoms with van der Waals surface area (Å²) in [6.45, 7) is 11.8. The molecule has 0 N–H and O–H groups in total. The lowest BCUT2D eigenvalue weighted by Gasteiger charge is -2.18. The largest absolute Gasteiger partial charge is 0.0654 e. The van der Waals surface area contributed by atoms with Gasteiger partial charge in [0.05, 0.1) is 0 Å². The molecule has 0 heteroatoms. The van der Waals surface area contributed by atoms with Gasteiger partial charge in [-0.15, -0.1) is 0 Å². The fourth-order valence-corrected chi connectivity index (χ4v) is 2.24. The molecule has 0 saturated heterocycles. The van der Waals surface area contributed by atoms with E-state index in [1.807, 2.05) is 0 Å². The lowest BCUT2D eigenvalue weighted by Crippen LogP contribution is -2.05. The summed E-state index contributed by atoms with van der Waals surface area (Å²) in [5.41, 5.74) is 0. The fourth-order valence-electron chi connectivity index (χ4n) is 2.24. The van der Waals surface area contributed by atoms with Gasteiger partial charge in [0.1, 0.15) is 0 Å². The van der Waals surface area contributed by atoms with Crippen LogP contribution in [0.25, 0.3) is 0 Å². The molecule has 0 saturated carbocycles. The smallest absolute Gasteiger partial charge is 0.0440 e. The Morgan fingerprint density at radius 2 is 1.33 bits per heavy atom. The van der Waals surface area contributed by atoms with E-state index in [0.29, 0.717) is 0 Å². The van der Waals surface area contributed by atoms with Crippen molar-refractivity contribution in [1.29, 1.82) is 0 Å². The van der Waals surface area contributed by atoms with Gasteiger partial charge in [-0.3, -0.25) is 0 Å². The summed E-state index contributed by atoms with van der Waals surface area (Å²) in [5.74, 6) is 2.80. The number of rotatable bonds is 9. The van der Waals surface area contributed by atoms with Gasteiger partial charge in [0.25, 0.3) is 0 Å². The molecule has 0 heterocycles. The summed E-state index contributed by atoms with van der Waals surface area (Å²) in [6, 6.07) is 0. The minimum atomic E-state index is 0.922. The summed E-state index contributed by atoms with van der Waals surface area (Å²) >= 11 is 0. The zero-order valence-electron chi connectivity index (χ0n) is 11.7. The van der Waals surface area contributed by atoms with Crippen LogP contribution >= 0.6 is 0 Å². The Hall–Kier alpha value is 0. The van der Waals surface area contributed by atoms with Gasteiger partial charge in [-0.05, 0) is 24.2 Å². The van der Waals surface area contributed by atoms with Gasteiger partial charge >= 0.3 is 0 Å². The molecule has 0 aliphatic carbocycles. The normalized spacial score (nSPS) is 17.4. The molecule has 3 unspecified atom stereocenters. The molecule has 0 aromatic rings. The van der Waals surface area contributed by atoms with Crippen LogP contribution in [0, 0.1) is 17.8 Å². The van der Waals surface area contributed by atoms with Crippen LogP contribution in [-0.2, 0) is 0 Å². The predicted molar refractivity (Wildman–Crippen MR) is 71.2 cm³/mol. The Bertz CT molecular complexity index is 128. The van der Waals surface area contributed by atoms with Crippen LogP contribution in [0.2, 0.25) is 0 Å². The molecule has 15 heavy (non-hydrogen) atoms. The quantitative estimate of drug-likeness (QED) is 0.462. The average Bonchev–Trinajstić information content (AvgIpc) is 2.23. The van der Waals surface area contributed by atoms with Crippen molar-refractivity contribution in [2.24, 2.45) is 17.8 Å². The summed E-state index contributed by atoms with van der Waals surface area (Å²) in [7, 11) is 0. The van der Waals surface area contributed by atoms with Gasteiger partial charge in [-0.25, -0.2) is 0 Å².